The second-order valence-electron chi connectivity index (χ2n) is 4.56. The monoisotopic (exact) mass is 304 g/mol. The van der Waals surface area contributed by atoms with Gasteiger partial charge in [-0.2, -0.15) is 0 Å². The fourth-order valence-electron chi connectivity index (χ4n) is 1.72. The molecule has 0 unspecified atom stereocenters. The van der Waals surface area contributed by atoms with Crippen LogP contribution in [0, 0.1) is 11.8 Å². The second-order valence-corrected chi connectivity index (χ2v) is 5.65. The first-order chi connectivity index (χ1) is 10.7. The summed E-state index contributed by atoms with van der Waals surface area (Å²) >= 11 is 1.62. The summed E-state index contributed by atoms with van der Waals surface area (Å²) < 4.78 is 0. The molecule has 0 aliphatic heterocycles. The zero-order valence-electron chi connectivity index (χ0n) is 12.4. The van der Waals surface area contributed by atoms with E-state index in [4.69, 9.17) is 0 Å². The highest BCUT2D eigenvalue weighted by atomic mass is 32.1. The Hall–Kier alpha value is -2.63. The number of hydrogen-bond acceptors (Lipinski definition) is 2. The van der Waals surface area contributed by atoms with Gasteiger partial charge in [-0.1, -0.05) is 54.9 Å². The summed E-state index contributed by atoms with van der Waals surface area (Å²) in [5, 5.41) is 0. The summed E-state index contributed by atoms with van der Waals surface area (Å²) in [5.41, 5.74) is 2.53. The number of rotatable bonds is 4. The minimum Gasteiger partial charge on any atom is -0.298 e. The van der Waals surface area contributed by atoms with Crippen LogP contribution < -0.4 is 0 Å². The summed E-state index contributed by atoms with van der Waals surface area (Å²) in [6.45, 7) is 6.04. The summed E-state index contributed by atoms with van der Waals surface area (Å²) in [7, 11) is 0. The highest BCUT2D eigenvalue weighted by molar-refractivity contribution is 7.13. The van der Waals surface area contributed by atoms with Crippen molar-refractivity contribution >= 4 is 23.2 Å². The first kappa shape index (κ1) is 15.8. The fourth-order valence-corrected chi connectivity index (χ4v) is 2.53. The molecule has 0 fully saturated rings. The molecule has 0 N–H and O–H groups in total. The lowest BCUT2D eigenvalue weighted by atomic mass is 10.1. The van der Waals surface area contributed by atoms with Gasteiger partial charge in [0.1, 0.15) is 6.29 Å². The van der Waals surface area contributed by atoms with E-state index in [1.165, 1.54) is 0 Å². The van der Waals surface area contributed by atoms with Crippen LogP contribution >= 0.6 is 11.3 Å². The zero-order valence-corrected chi connectivity index (χ0v) is 13.2. The van der Waals surface area contributed by atoms with Gasteiger partial charge in [0, 0.05) is 16.0 Å². The molecule has 0 aliphatic carbocycles. The zero-order chi connectivity index (χ0) is 15.8. The first-order valence-corrected chi connectivity index (χ1v) is 7.70. The standard InChI is InChI=1S/C20H16OS/c1-3-4-5-6-16(2)20-14-13-19(22-20)12-11-17-7-9-18(15-21)10-8-17/h3-10,13-15H,2H2,1H3/b4-3-,6-5-. The van der Waals surface area contributed by atoms with E-state index in [-0.39, 0.29) is 0 Å². The predicted molar refractivity (Wildman–Crippen MR) is 95.1 cm³/mol. The molecule has 0 radical (unpaired) electrons. The van der Waals surface area contributed by atoms with Crippen LogP contribution in [0.2, 0.25) is 0 Å². The Labute approximate surface area is 135 Å². The van der Waals surface area contributed by atoms with Crippen LogP contribution in [0.4, 0.5) is 0 Å². The van der Waals surface area contributed by atoms with Gasteiger partial charge >= 0.3 is 0 Å². The van der Waals surface area contributed by atoms with E-state index >= 15 is 0 Å². The Kier molecular flexibility index (Phi) is 5.71. The van der Waals surface area contributed by atoms with Crippen LogP contribution in [0.3, 0.4) is 0 Å². The molecule has 0 atom stereocenters. The molecule has 22 heavy (non-hydrogen) atoms. The Morgan fingerprint density at radius 3 is 2.55 bits per heavy atom. The first-order valence-electron chi connectivity index (χ1n) is 6.88. The maximum absolute atomic E-state index is 10.6. The van der Waals surface area contributed by atoms with Gasteiger partial charge in [0.2, 0.25) is 0 Å². The topological polar surface area (TPSA) is 17.1 Å². The van der Waals surface area contributed by atoms with Crippen molar-refractivity contribution in [1.82, 2.24) is 0 Å². The molecule has 2 heteroatoms. The van der Waals surface area contributed by atoms with Crippen molar-refractivity contribution in [1.29, 1.82) is 0 Å². The highest BCUT2D eigenvalue weighted by Crippen LogP contribution is 2.23. The van der Waals surface area contributed by atoms with Crippen molar-refractivity contribution in [2.75, 3.05) is 0 Å². The van der Waals surface area contributed by atoms with Crippen LogP contribution in [0.5, 0.6) is 0 Å². The van der Waals surface area contributed by atoms with Crippen LogP contribution in [-0.4, -0.2) is 6.29 Å². The van der Waals surface area contributed by atoms with Crippen molar-refractivity contribution in [2.24, 2.45) is 0 Å². The Balaban J connectivity index is 2.10. The number of allylic oxidation sites excluding steroid dienone is 5. The summed E-state index contributed by atoms with van der Waals surface area (Å²) in [5.74, 6) is 6.24. The van der Waals surface area contributed by atoms with E-state index < -0.39 is 0 Å². The molecule has 0 aliphatic rings. The smallest absolute Gasteiger partial charge is 0.150 e. The maximum atomic E-state index is 10.6. The number of benzene rings is 1. The molecule has 0 bridgehead atoms. The summed E-state index contributed by atoms with van der Waals surface area (Å²) in [6.07, 6.45) is 8.74. The van der Waals surface area contributed by atoms with E-state index in [1.807, 2.05) is 55.5 Å². The average Bonchev–Trinajstić information content (AvgIpc) is 3.02. The average molecular weight is 304 g/mol. The quantitative estimate of drug-likeness (QED) is 0.436. The molecular formula is C20H16OS. The SMILES string of the molecule is C=C(/C=C\C=C/C)c1ccc(C#Cc2ccc(C=O)cc2)s1. The minimum absolute atomic E-state index is 0.660. The second kappa shape index (κ2) is 7.97. The third-order valence-electron chi connectivity index (χ3n) is 2.90. The van der Waals surface area contributed by atoms with E-state index in [2.05, 4.69) is 18.4 Å². The lowest BCUT2D eigenvalue weighted by Crippen LogP contribution is -1.79. The van der Waals surface area contributed by atoms with Crippen molar-refractivity contribution < 1.29 is 4.79 Å². The largest absolute Gasteiger partial charge is 0.298 e. The molecule has 2 rings (SSSR count). The molecule has 1 heterocycles. The normalized spacial score (nSPS) is 10.6. The molecule has 1 aromatic heterocycles. The van der Waals surface area contributed by atoms with Gasteiger partial charge in [-0.3, -0.25) is 4.79 Å². The predicted octanol–water partition coefficient (Wildman–Crippen LogP) is 5.11. The third-order valence-corrected chi connectivity index (χ3v) is 3.98. The van der Waals surface area contributed by atoms with E-state index in [1.54, 1.807) is 23.5 Å². The molecule has 1 nitrogen and oxygen atoms in total. The lowest BCUT2D eigenvalue weighted by molar-refractivity contribution is 0.112. The van der Waals surface area contributed by atoms with Crippen LogP contribution in [-0.2, 0) is 0 Å². The summed E-state index contributed by atoms with van der Waals surface area (Å²) in [4.78, 5) is 12.7. The van der Waals surface area contributed by atoms with Crippen LogP contribution in [0.15, 0.2) is 67.3 Å². The van der Waals surface area contributed by atoms with Crippen molar-refractivity contribution in [3.05, 3.63) is 88.2 Å². The molecule has 0 saturated heterocycles. The number of hydrogen-bond donors (Lipinski definition) is 0. The van der Waals surface area contributed by atoms with Crippen molar-refractivity contribution in [2.45, 2.75) is 6.92 Å². The van der Waals surface area contributed by atoms with Crippen LogP contribution in [0.1, 0.15) is 32.6 Å². The van der Waals surface area contributed by atoms with Crippen LogP contribution in [0.25, 0.3) is 5.57 Å². The maximum Gasteiger partial charge on any atom is 0.150 e. The van der Waals surface area contributed by atoms with Gasteiger partial charge in [0.15, 0.2) is 0 Å². The van der Waals surface area contributed by atoms with Crippen molar-refractivity contribution in [3.8, 4) is 11.8 Å². The van der Waals surface area contributed by atoms with E-state index in [9.17, 15) is 4.79 Å². The number of carbonyl (C=O) groups excluding carboxylic acids is 1. The number of aldehydes is 1. The van der Waals surface area contributed by atoms with E-state index in [0.717, 1.165) is 27.2 Å². The highest BCUT2D eigenvalue weighted by Gasteiger charge is 1.99. The Morgan fingerprint density at radius 2 is 1.86 bits per heavy atom. The molecule has 1 aromatic carbocycles. The van der Waals surface area contributed by atoms with Gasteiger partial charge in [-0.25, -0.2) is 0 Å². The Bertz CT molecular complexity index is 777. The molecule has 2 aromatic rings. The molecule has 0 saturated carbocycles. The van der Waals surface area contributed by atoms with Gasteiger partial charge in [-0.15, -0.1) is 11.3 Å². The number of thiophene rings is 1. The van der Waals surface area contributed by atoms with E-state index in [0.29, 0.717) is 5.56 Å². The third kappa shape index (κ3) is 4.44. The Morgan fingerprint density at radius 1 is 1.09 bits per heavy atom. The van der Waals surface area contributed by atoms with Gasteiger partial charge in [0.05, 0.1) is 4.88 Å². The molecule has 108 valence electrons. The molecule has 0 spiro atoms. The van der Waals surface area contributed by atoms with Gasteiger partial charge < -0.3 is 0 Å². The van der Waals surface area contributed by atoms with Gasteiger partial charge in [-0.05, 0) is 36.8 Å². The number of carbonyl (C=O) groups is 1. The van der Waals surface area contributed by atoms with Crippen molar-refractivity contribution in [3.63, 3.8) is 0 Å². The molecule has 0 amide bonds. The molecular weight excluding hydrogens is 288 g/mol. The van der Waals surface area contributed by atoms with Gasteiger partial charge in [0.25, 0.3) is 0 Å². The lowest BCUT2D eigenvalue weighted by Gasteiger charge is -1.92. The summed E-state index contributed by atoms with van der Waals surface area (Å²) in [6, 6.07) is 11.3. The fraction of sp³-hybridized carbons (Fsp3) is 0.0500. The minimum atomic E-state index is 0.660.